The molecule has 0 unspecified atom stereocenters. The minimum atomic E-state index is 0.474. The molecule has 0 saturated carbocycles. The first-order valence-electron chi connectivity index (χ1n) is 3.24. The van der Waals surface area contributed by atoms with Crippen LogP contribution >= 0.6 is 0 Å². The Hall–Kier alpha value is -1.94. The molecular weight excluding hydrogens is 152 g/mol. The molecule has 0 aromatic rings. The lowest BCUT2D eigenvalue weighted by molar-refractivity contribution is 1.19. The molecule has 0 heterocycles. The maximum atomic E-state index is 8.30. The molecule has 0 amide bonds. The van der Waals surface area contributed by atoms with Crippen molar-refractivity contribution in [1.82, 2.24) is 0 Å². The van der Waals surface area contributed by atoms with Crippen LogP contribution in [-0.2, 0) is 0 Å². The second-order valence-corrected chi connectivity index (χ2v) is 2.08. The van der Waals surface area contributed by atoms with Gasteiger partial charge in [0.1, 0.15) is 0 Å². The summed E-state index contributed by atoms with van der Waals surface area (Å²) >= 11 is 0. The van der Waals surface area contributed by atoms with Crippen molar-refractivity contribution in [2.24, 2.45) is 10.2 Å². The molecule has 0 rings (SSSR count). The van der Waals surface area contributed by atoms with Gasteiger partial charge >= 0.3 is 0 Å². The number of azo groups is 1. The van der Waals surface area contributed by atoms with Crippen molar-refractivity contribution < 1.29 is 0 Å². The van der Waals surface area contributed by atoms with Crippen LogP contribution in [0.15, 0.2) is 33.8 Å². The van der Waals surface area contributed by atoms with E-state index in [0.717, 1.165) is 0 Å². The highest BCUT2D eigenvalue weighted by Gasteiger charge is 1.80. The van der Waals surface area contributed by atoms with Crippen LogP contribution in [0.1, 0.15) is 13.8 Å². The third kappa shape index (κ3) is 4.89. The quantitative estimate of drug-likeness (QED) is 0.459. The predicted octanol–water partition coefficient (Wildman–Crippen LogP) is 2.29. The van der Waals surface area contributed by atoms with Gasteiger partial charge < -0.3 is 0 Å². The van der Waals surface area contributed by atoms with E-state index >= 15 is 0 Å². The molecule has 0 aromatic heterocycles. The van der Waals surface area contributed by atoms with Crippen LogP contribution in [-0.4, -0.2) is 0 Å². The van der Waals surface area contributed by atoms with E-state index in [4.69, 9.17) is 10.5 Å². The Morgan fingerprint density at radius 3 is 1.58 bits per heavy atom. The summed E-state index contributed by atoms with van der Waals surface area (Å²) in [5.41, 5.74) is 0.948. The van der Waals surface area contributed by atoms with Crippen LogP contribution in [0, 0.1) is 22.7 Å². The maximum absolute atomic E-state index is 8.30. The van der Waals surface area contributed by atoms with Gasteiger partial charge in [-0.3, -0.25) is 0 Å². The number of hydrogen-bond acceptors (Lipinski definition) is 4. The van der Waals surface area contributed by atoms with Crippen molar-refractivity contribution in [3.8, 4) is 12.1 Å². The SMILES string of the molecule is CC(C#N)=CN=NC=C(C)C#N. The average Bonchev–Trinajstić information content (AvgIpc) is 2.11. The standard InChI is InChI=1S/C8H8N4/c1-7(3-9)5-11-12-6-8(2)4-10/h5-6H,1-2H3. The van der Waals surface area contributed by atoms with Crippen molar-refractivity contribution in [2.45, 2.75) is 13.8 Å². The lowest BCUT2D eigenvalue weighted by Crippen LogP contribution is -1.64. The maximum Gasteiger partial charge on any atom is 0.0960 e. The minimum absolute atomic E-state index is 0.474. The Bertz CT molecular complexity index is 277. The van der Waals surface area contributed by atoms with Gasteiger partial charge in [0.15, 0.2) is 0 Å². The van der Waals surface area contributed by atoms with Crippen LogP contribution < -0.4 is 0 Å². The van der Waals surface area contributed by atoms with Crippen LogP contribution in [0.2, 0.25) is 0 Å². The van der Waals surface area contributed by atoms with Gasteiger partial charge in [-0.1, -0.05) is 0 Å². The predicted molar refractivity (Wildman–Crippen MR) is 43.6 cm³/mol. The molecule has 60 valence electrons. The fourth-order valence-corrected chi connectivity index (χ4v) is 0.298. The highest BCUT2D eigenvalue weighted by atomic mass is 15.1. The van der Waals surface area contributed by atoms with E-state index < -0.39 is 0 Å². The molecule has 4 heteroatoms. The van der Waals surface area contributed by atoms with E-state index in [1.165, 1.54) is 12.4 Å². The van der Waals surface area contributed by atoms with E-state index in [9.17, 15) is 0 Å². The second-order valence-electron chi connectivity index (χ2n) is 2.08. The highest BCUT2D eigenvalue weighted by Crippen LogP contribution is 1.93. The van der Waals surface area contributed by atoms with E-state index in [-0.39, 0.29) is 0 Å². The first-order chi connectivity index (χ1) is 5.70. The van der Waals surface area contributed by atoms with Gasteiger partial charge in [-0.15, -0.1) is 0 Å². The molecule has 0 spiro atoms. The van der Waals surface area contributed by atoms with Gasteiger partial charge in [-0.05, 0) is 13.8 Å². The van der Waals surface area contributed by atoms with E-state index in [1.54, 1.807) is 13.8 Å². The molecule has 12 heavy (non-hydrogen) atoms. The Morgan fingerprint density at radius 1 is 1.00 bits per heavy atom. The molecule has 4 nitrogen and oxygen atoms in total. The molecule has 0 aliphatic heterocycles. The zero-order chi connectivity index (χ0) is 9.40. The van der Waals surface area contributed by atoms with Gasteiger partial charge in [0.2, 0.25) is 0 Å². The first kappa shape index (κ1) is 10.1. The molecule has 0 N–H and O–H groups in total. The third-order valence-corrected chi connectivity index (χ3v) is 0.922. The molecule has 0 aromatic carbocycles. The largest absolute Gasteiger partial charge is 0.193 e. The van der Waals surface area contributed by atoms with Gasteiger partial charge in [0, 0.05) is 11.1 Å². The molecular formula is C8H8N4. The topological polar surface area (TPSA) is 72.3 Å². The van der Waals surface area contributed by atoms with Crippen LogP contribution in [0.4, 0.5) is 0 Å². The normalized spacial score (nSPS) is 12.7. The zero-order valence-electron chi connectivity index (χ0n) is 6.94. The van der Waals surface area contributed by atoms with E-state index in [2.05, 4.69) is 10.2 Å². The summed E-state index contributed by atoms with van der Waals surface area (Å²) in [6, 6.07) is 3.78. The lowest BCUT2D eigenvalue weighted by atomic mass is 10.4. The molecule has 0 atom stereocenters. The summed E-state index contributed by atoms with van der Waals surface area (Å²) < 4.78 is 0. The first-order valence-corrected chi connectivity index (χ1v) is 3.24. The molecule has 0 fully saturated rings. The van der Waals surface area contributed by atoms with Crippen molar-refractivity contribution in [3.05, 3.63) is 23.5 Å². The molecule has 0 bridgehead atoms. The lowest BCUT2D eigenvalue weighted by Gasteiger charge is -1.78. The number of rotatable bonds is 2. The third-order valence-electron chi connectivity index (χ3n) is 0.922. The average molecular weight is 160 g/mol. The number of nitriles is 2. The van der Waals surface area contributed by atoms with Gasteiger partial charge in [0.05, 0.1) is 24.5 Å². The number of allylic oxidation sites excluding steroid dienone is 2. The highest BCUT2D eigenvalue weighted by molar-refractivity contribution is 5.17. The smallest absolute Gasteiger partial charge is 0.0960 e. The summed E-state index contributed by atoms with van der Waals surface area (Å²) in [6.45, 7) is 3.25. The van der Waals surface area contributed by atoms with Crippen LogP contribution in [0.5, 0.6) is 0 Å². The summed E-state index contributed by atoms with van der Waals surface area (Å²) in [6.07, 6.45) is 2.67. The number of nitrogens with zero attached hydrogens (tertiary/aromatic N) is 4. The Kier molecular flexibility index (Phi) is 4.88. The van der Waals surface area contributed by atoms with Gasteiger partial charge in [-0.2, -0.15) is 20.8 Å². The Balaban J connectivity index is 4.15. The summed E-state index contributed by atoms with van der Waals surface area (Å²) in [5, 5.41) is 23.7. The summed E-state index contributed by atoms with van der Waals surface area (Å²) in [7, 11) is 0. The van der Waals surface area contributed by atoms with Gasteiger partial charge in [0.25, 0.3) is 0 Å². The summed E-state index contributed by atoms with van der Waals surface area (Å²) in [4.78, 5) is 0. The Morgan fingerprint density at radius 2 is 1.33 bits per heavy atom. The molecule has 0 aliphatic carbocycles. The van der Waals surface area contributed by atoms with Crippen molar-refractivity contribution in [3.63, 3.8) is 0 Å². The summed E-state index contributed by atoms with van der Waals surface area (Å²) in [5.74, 6) is 0. The Labute approximate surface area is 71.1 Å². The minimum Gasteiger partial charge on any atom is -0.193 e. The van der Waals surface area contributed by atoms with E-state index in [0.29, 0.717) is 11.1 Å². The van der Waals surface area contributed by atoms with Crippen molar-refractivity contribution >= 4 is 0 Å². The monoisotopic (exact) mass is 160 g/mol. The second kappa shape index (κ2) is 5.82. The fraction of sp³-hybridized carbons (Fsp3) is 0.250. The van der Waals surface area contributed by atoms with Crippen molar-refractivity contribution in [2.75, 3.05) is 0 Å². The molecule has 0 aliphatic rings. The van der Waals surface area contributed by atoms with Gasteiger partial charge in [-0.25, -0.2) is 0 Å². The van der Waals surface area contributed by atoms with Crippen LogP contribution in [0.3, 0.4) is 0 Å². The molecule has 0 radical (unpaired) electrons. The van der Waals surface area contributed by atoms with Crippen LogP contribution in [0.25, 0.3) is 0 Å². The fourth-order valence-electron chi connectivity index (χ4n) is 0.298. The zero-order valence-corrected chi connectivity index (χ0v) is 6.94. The molecule has 0 saturated heterocycles. The van der Waals surface area contributed by atoms with Crippen molar-refractivity contribution in [1.29, 1.82) is 10.5 Å². The number of hydrogen-bond donors (Lipinski definition) is 0. The van der Waals surface area contributed by atoms with E-state index in [1.807, 2.05) is 12.1 Å².